The van der Waals surface area contributed by atoms with E-state index in [4.69, 9.17) is 15.6 Å². The molecule has 0 amide bonds. The zero-order valence-corrected chi connectivity index (χ0v) is 20.7. The Balaban J connectivity index is 1.09. The summed E-state index contributed by atoms with van der Waals surface area (Å²) in [7, 11) is 0. The number of aliphatic imine (C=N–C) groups is 2. The van der Waals surface area contributed by atoms with Crippen LogP contribution in [0.4, 0.5) is 0 Å². The summed E-state index contributed by atoms with van der Waals surface area (Å²) >= 11 is 0. The zero-order valence-electron chi connectivity index (χ0n) is 20.7. The molecule has 184 valence electrons. The average Bonchev–Trinajstić information content (AvgIpc) is 3.45. The minimum Gasteiger partial charge on any atom is -0.489 e. The summed E-state index contributed by atoms with van der Waals surface area (Å²) in [6.07, 6.45) is 15.8. The molecule has 0 saturated heterocycles. The number of allylic oxidation sites excluding steroid dienone is 4. The fourth-order valence-corrected chi connectivity index (χ4v) is 5.09. The number of benzene rings is 3. The lowest BCUT2D eigenvalue weighted by Crippen LogP contribution is -2.53. The van der Waals surface area contributed by atoms with Crippen LogP contribution in [0.1, 0.15) is 16.7 Å². The van der Waals surface area contributed by atoms with Crippen LogP contribution in [0.5, 0.6) is 5.75 Å². The summed E-state index contributed by atoms with van der Waals surface area (Å²) in [4.78, 5) is 9.25. The molecule has 3 heterocycles. The third-order valence-corrected chi connectivity index (χ3v) is 7.08. The first kappa shape index (κ1) is 22.4. The smallest absolute Gasteiger partial charge is 0.265 e. The highest BCUT2D eigenvalue weighted by Crippen LogP contribution is 2.36. The molecule has 1 atom stereocenters. The minimum absolute atomic E-state index is 0.0100. The molecule has 0 spiro atoms. The highest BCUT2D eigenvalue weighted by Gasteiger charge is 2.44. The fraction of sp³-hybridized carbons (Fsp3) is 0.0625. The summed E-state index contributed by atoms with van der Waals surface area (Å²) in [6.45, 7) is 1.29. The maximum atomic E-state index is 6.84. The minimum atomic E-state index is -0.0100. The Labute approximate surface area is 220 Å². The summed E-state index contributed by atoms with van der Waals surface area (Å²) in [5.74, 6) is 8.35. The second-order valence-corrected chi connectivity index (χ2v) is 9.70. The number of fused-ring (bicyclic) bond motifs is 2. The van der Waals surface area contributed by atoms with E-state index in [1.165, 1.54) is 16.3 Å². The van der Waals surface area contributed by atoms with Crippen molar-refractivity contribution in [3.8, 4) is 5.75 Å². The molecule has 38 heavy (non-hydrogen) atoms. The molecule has 2 aliphatic heterocycles. The molecule has 1 aliphatic carbocycles. The van der Waals surface area contributed by atoms with Crippen LogP contribution >= 0.6 is 0 Å². The number of ether oxygens (including phenoxy) is 1. The van der Waals surface area contributed by atoms with Gasteiger partial charge in [0.1, 0.15) is 24.3 Å². The Morgan fingerprint density at radius 3 is 2.47 bits per heavy atom. The molecular formula is C32H26N5O+. The van der Waals surface area contributed by atoms with E-state index < -0.39 is 0 Å². The van der Waals surface area contributed by atoms with Gasteiger partial charge in [0.2, 0.25) is 5.70 Å². The van der Waals surface area contributed by atoms with Gasteiger partial charge in [0.25, 0.3) is 5.84 Å². The van der Waals surface area contributed by atoms with Gasteiger partial charge in [-0.3, -0.25) is 4.99 Å². The topological polar surface area (TPSA) is 64.9 Å². The normalized spacial score (nSPS) is 19.4. The van der Waals surface area contributed by atoms with Crippen molar-refractivity contribution in [1.29, 1.82) is 0 Å². The number of nitrogens with zero attached hydrogens (tertiary/aromatic N) is 4. The van der Waals surface area contributed by atoms with Crippen LogP contribution in [0.15, 0.2) is 143 Å². The lowest BCUT2D eigenvalue weighted by molar-refractivity contribution is -0.750. The van der Waals surface area contributed by atoms with E-state index in [1.807, 2.05) is 48.7 Å². The summed E-state index contributed by atoms with van der Waals surface area (Å²) in [5.41, 5.74) is 6.04. The molecule has 0 radical (unpaired) electrons. The van der Waals surface area contributed by atoms with Crippen LogP contribution in [0, 0.1) is 0 Å². The van der Waals surface area contributed by atoms with Gasteiger partial charge in [0.05, 0.1) is 18.0 Å². The highest BCUT2D eigenvalue weighted by atomic mass is 16.5. The van der Waals surface area contributed by atoms with Crippen LogP contribution < -0.4 is 10.6 Å². The van der Waals surface area contributed by atoms with Crippen LogP contribution in [0.25, 0.3) is 10.8 Å². The Kier molecular flexibility index (Phi) is 5.28. The van der Waals surface area contributed by atoms with Crippen molar-refractivity contribution >= 4 is 22.8 Å². The molecule has 3 aliphatic rings. The Morgan fingerprint density at radius 2 is 1.68 bits per heavy atom. The van der Waals surface area contributed by atoms with Gasteiger partial charge in [-0.2, -0.15) is 10.8 Å². The summed E-state index contributed by atoms with van der Waals surface area (Å²) in [5, 5.41) is 2.51. The largest absolute Gasteiger partial charge is 0.489 e. The van der Waals surface area contributed by atoms with Gasteiger partial charge < -0.3 is 9.30 Å². The highest BCUT2D eigenvalue weighted by molar-refractivity contribution is 6.01. The van der Waals surface area contributed by atoms with Crippen LogP contribution in [-0.2, 0) is 13.2 Å². The standard InChI is InChI=1S/C32H26N5O/c33-37-15-14-34-18-30(37)31(25-10-4-11-25)35-32(37)26-12-5-13-29(17-26)38-22-24-7-3-6-23(16-24)19-36-20-27-8-1-2-9-28(27)21-36/h1-18,20-21H,19,22,33H2/q+1. The number of aromatic nitrogens is 1. The van der Waals surface area contributed by atoms with Gasteiger partial charge in [-0.15, -0.1) is 4.59 Å². The lowest BCUT2D eigenvalue weighted by Gasteiger charge is -2.26. The van der Waals surface area contributed by atoms with Crippen LogP contribution in [-0.4, -0.2) is 21.2 Å². The predicted octanol–water partition coefficient (Wildman–Crippen LogP) is 5.98. The number of amidine groups is 1. The van der Waals surface area contributed by atoms with E-state index in [0.29, 0.717) is 6.61 Å². The molecule has 6 nitrogen and oxygen atoms in total. The SMILES string of the molecule is N[N+]12C=CN=CC1=C(C1=CC=C1)N=C2c1cccc(OCc2cccc(Cn3cc4ccccc4c3)c2)c1. The first-order valence-corrected chi connectivity index (χ1v) is 12.6. The van der Waals surface area contributed by atoms with E-state index in [9.17, 15) is 0 Å². The van der Waals surface area contributed by atoms with Crippen molar-refractivity contribution in [2.75, 3.05) is 0 Å². The second kappa shape index (κ2) is 8.95. The first-order valence-electron chi connectivity index (χ1n) is 12.6. The molecule has 3 aromatic carbocycles. The number of rotatable bonds is 7. The molecular weight excluding hydrogens is 470 g/mol. The number of hydrogen-bond acceptors (Lipinski definition) is 4. The van der Waals surface area contributed by atoms with Crippen molar-refractivity contribution in [1.82, 2.24) is 4.57 Å². The van der Waals surface area contributed by atoms with Crippen molar-refractivity contribution in [3.05, 3.63) is 149 Å². The molecule has 0 saturated carbocycles. The predicted molar refractivity (Wildman–Crippen MR) is 151 cm³/mol. The number of quaternary nitrogens is 1. The van der Waals surface area contributed by atoms with Crippen molar-refractivity contribution in [3.63, 3.8) is 0 Å². The van der Waals surface area contributed by atoms with E-state index in [2.05, 4.69) is 70.5 Å². The number of hydrogen-bond donors (Lipinski definition) is 1. The molecule has 7 rings (SSSR count). The maximum absolute atomic E-state index is 6.84. The summed E-state index contributed by atoms with van der Waals surface area (Å²) in [6, 6.07) is 24.9. The van der Waals surface area contributed by atoms with Gasteiger partial charge in [-0.05, 0) is 40.1 Å². The quantitative estimate of drug-likeness (QED) is 0.253. The van der Waals surface area contributed by atoms with Gasteiger partial charge in [0.15, 0.2) is 0 Å². The third kappa shape index (κ3) is 3.93. The summed E-state index contributed by atoms with van der Waals surface area (Å²) < 4.78 is 8.45. The Morgan fingerprint density at radius 1 is 0.895 bits per heavy atom. The molecule has 0 fully saturated rings. The van der Waals surface area contributed by atoms with E-state index in [1.54, 1.807) is 12.4 Å². The van der Waals surface area contributed by atoms with Gasteiger partial charge in [-0.25, -0.2) is 0 Å². The van der Waals surface area contributed by atoms with Crippen molar-refractivity contribution < 1.29 is 9.33 Å². The first-order chi connectivity index (χ1) is 18.7. The lowest BCUT2D eigenvalue weighted by atomic mass is 10.0. The maximum Gasteiger partial charge on any atom is 0.265 e. The van der Waals surface area contributed by atoms with E-state index >= 15 is 0 Å². The molecule has 1 aromatic heterocycles. The molecule has 0 bridgehead atoms. The monoisotopic (exact) mass is 496 g/mol. The zero-order chi connectivity index (χ0) is 25.5. The number of nitrogens with two attached hydrogens (primary N) is 1. The third-order valence-electron chi connectivity index (χ3n) is 7.08. The molecule has 6 heteroatoms. The van der Waals surface area contributed by atoms with Crippen molar-refractivity contribution in [2.24, 2.45) is 15.8 Å². The average molecular weight is 497 g/mol. The van der Waals surface area contributed by atoms with Crippen LogP contribution in [0.3, 0.4) is 0 Å². The van der Waals surface area contributed by atoms with Crippen LogP contribution in [0.2, 0.25) is 0 Å². The van der Waals surface area contributed by atoms with Gasteiger partial charge >= 0.3 is 0 Å². The van der Waals surface area contributed by atoms with Gasteiger partial charge in [0, 0.05) is 24.5 Å². The van der Waals surface area contributed by atoms with Gasteiger partial charge in [-0.1, -0.05) is 72.8 Å². The Bertz CT molecular complexity index is 1730. The van der Waals surface area contributed by atoms with E-state index in [0.717, 1.165) is 46.2 Å². The molecule has 4 aromatic rings. The Hall–Kier alpha value is -4.78. The van der Waals surface area contributed by atoms with Crippen molar-refractivity contribution in [2.45, 2.75) is 13.2 Å². The van der Waals surface area contributed by atoms with E-state index in [-0.39, 0.29) is 4.59 Å². The fourth-order valence-electron chi connectivity index (χ4n) is 5.09. The molecule has 2 N–H and O–H groups in total. The second-order valence-electron chi connectivity index (χ2n) is 9.70. The molecule has 1 unspecified atom stereocenters.